The number of aliphatic hydroxyl groups excluding tert-OH is 2. The number of aliphatic hydroxyl groups is 2. The van der Waals surface area contributed by atoms with Crippen molar-refractivity contribution >= 4 is 6.09 Å². The topological polar surface area (TPSA) is 90.8 Å². The summed E-state index contributed by atoms with van der Waals surface area (Å²) in [6.07, 6.45) is -2.01. The van der Waals surface area contributed by atoms with Crippen LogP contribution in [0.25, 0.3) is 0 Å². The van der Waals surface area contributed by atoms with E-state index in [2.05, 4.69) is 10.6 Å². The maximum atomic E-state index is 13.6. The van der Waals surface area contributed by atoms with Crippen LogP contribution in [0.3, 0.4) is 0 Å². The summed E-state index contributed by atoms with van der Waals surface area (Å²) in [7, 11) is 0. The van der Waals surface area contributed by atoms with E-state index < -0.39 is 41.6 Å². The van der Waals surface area contributed by atoms with Crippen LogP contribution in [0.1, 0.15) is 43.5 Å². The van der Waals surface area contributed by atoms with Gasteiger partial charge in [0, 0.05) is 19.0 Å². The number of fused-ring (bicyclic) bond motifs is 1. The van der Waals surface area contributed by atoms with E-state index in [1.165, 1.54) is 0 Å². The maximum absolute atomic E-state index is 13.6. The quantitative estimate of drug-likeness (QED) is 0.523. The number of halogens is 2. The lowest BCUT2D eigenvalue weighted by Crippen LogP contribution is -2.50. The third kappa shape index (κ3) is 6.48. The standard InChI is InChI=1S/C24H30F2N2O4/c1-24(2,3)32-23(31)28-19(10-14-8-16(25)12-17(26)9-14)21(30)13-27-22-18-7-5-4-6-15(18)11-20(22)29/h4-9,12,19-22,27,29-30H,10-11,13H2,1-3H3,(H,28,31)/t19-,20-,21+,22+/m0/s1. The molecule has 0 saturated carbocycles. The first-order chi connectivity index (χ1) is 15.0. The van der Waals surface area contributed by atoms with Gasteiger partial charge in [0.1, 0.15) is 17.2 Å². The number of alkyl carbamates (subject to hydrolysis) is 1. The molecule has 32 heavy (non-hydrogen) atoms. The molecule has 0 unspecified atom stereocenters. The summed E-state index contributed by atoms with van der Waals surface area (Å²) in [5.41, 5.74) is 1.52. The van der Waals surface area contributed by atoms with Crippen LogP contribution in [0.15, 0.2) is 42.5 Å². The number of nitrogens with one attached hydrogen (secondary N) is 2. The van der Waals surface area contributed by atoms with Gasteiger partial charge in [0.15, 0.2) is 0 Å². The van der Waals surface area contributed by atoms with Crippen molar-refractivity contribution < 1.29 is 28.5 Å². The number of hydrogen-bond acceptors (Lipinski definition) is 5. The molecule has 8 heteroatoms. The Morgan fingerprint density at radius 3 is 2.50 bits per heavy atom. The number of benzene rings is 2. The molecule has 6 nitrogen and oxygen atoms in total. The smallest absolute Gasteiger partial charge is 0.407 e. The summed E-state index contributed by atoms with van der Waals surface area (Å²) < 4.78 is 32.6. The Labute approximate surface area is 186 Å². The summed E-state index contributed by atoms with van der Waals surface area (Å²) in [6, 6.07) is 9.48. The number of carbonyl (C=O) groups is 1. The third-order valence-electron chi connectivity index (χ3n) is 5.30. The Bertz CT molecular complexity index is 928. The van der Waals surface area contributed by atoms with Crippen LogP contribution in [0.4, 0.5) is 13.6 Å². The molecular formula is C24H30F2N2O4. The van der Waals surface area contributed by atoms with Gasteiger partial charge in [0.05, 0.1) is 24.3 Å². The Hall–Kier alpha value is -2.55. The molecular weight excluding hydrogens is 418 g/mol. The normalized spacial score (nSPS) is 19.8. The molecule has 3 rings (SSSR count). The van der Waals surface area contributed by atoms with Crippen LogP contribution in [0, 0.1) is 11.6 Å². The average Bonchev–Trinajstić information content (AvgIpc) is 2.98. The molecule has 0 aliphatic heterocycles. The minimum absolute atomic E-state index is 0.0133. The monoisotopic (exact) mass is 448 g/mol. The first kappa shape index (κ1) is 24.1. The van der Waals surface area contributed by atoms with Crippen molar-refractivity contribution in [1.82, 2.24) is 10.6 Å². The second-order valence-electron chi connectivity index (χ2n) is 9.16. The van der Waals surface area contributed by atoms with Crippen LogP contribution in [0.2, 0.25) is 0 Å². The molecule has 174 valence electrons. The molecule has 0 bridgehead atoms. The van der Waals surface area contributed by atoms with E-state index in [1.807, 2.05) is 24.3 Å². The fourth-order valence-corrected chi connectivity index (χ4v) is 3.93. The van der Waals surface area contributed by atoms with Gasteiger partial charge >= 0.3 is 6.09 Å². The predicted octanol–water partition coefficient (Wildman–Crippen LogP) is 3.01. The molecule has 0 aromatic heterocycles. The lowest BCUT2D eigenvalue weighted by Gasteiger charge is -2.28. The number of ether oxygens (including phenoxy) is 1. The van der Waals surface area contributed by atoms with Gasteiger partial charge < -0.3 is 25.6 Å². The van der Waals surface area contributed by atoms with E-state index in [1.54, 1.807) is 20.8 Å². The Balaban J connectivity index is 1.72. The van der Waals surface area contributed by atoms with Crippen molar-refractivity contribution in [1.29, 1.82) is 0 Å². The van der Waals surface area contributed by atoms with Gasteiger partial charge in [0.25, 0.3) is 0 Å². The van der Waals surface area contributed by atoms with E-state index in [0.29, 0.717) is 6.42 Å². The average molecular weight is 449 g/mol. The summed E-state index contributed by atoms with van der Waals surface area (Å²) in [6.45, 7) is 5.16. The number of hydrogen-bond donors (Lipinski definition) is 4. The summed E-state index contributed by atoms with van der Waals surface area (Å²) >= 11 is 0. The van der Waals surface area contributed by atoms with Gasteiger partial charge in [-0.15, -0.1) is 0 Å². The Kier molecular flexibility index (Phi) is 7.48. The minimum atomic E-state index is -1.12. The molecule has 2 aromatic rings. The molecule has 4 atom stereocenters. The molecule has 0 radical (unpaired) electrons. The zero-order chi connectivity index (χ0) is 23.5. The van der Waals surface area contributed by atoms with Gasteiger partial charge in [0.2, 0.25) is 0 Å². The van der Waals surface area contributed by atoms with Crippen molar-refractivity contribution in [2.24, 2.45) is 0 Å². The Morgan fingerprint density at radius 1 is 1.19 bits per heavy atom. The highest BCUT2D eigenvalue weighted by Crippen LogP contribution is 2.31. The van der Waals surface area contributed by atoms with Crippen molar-refractivity contribution in [3.8, 4) is 0 Å². The third-order valence-corrected chi connectivity index (χ3v) is 5.30. The lowest BCUT2D eigenvalue weighted by molar-refractivity contribution is 0.0410. The van der Waals surface area contributed by atoms with E-state index in [9.17, 15) is 23.8 Å². The number of rotatable bonds is 7. The second-order valence-corrected chi connectivity index (χ2v) is 9.16. The van der Waals surface area contributed by atoms with Crippen molar-refractivity contribution in [3.05, 3.63) is 70.8 Å². The van der Waals surface area contributed by atoms with Gasteiger partial charge in [-0.3, -0.25) is 0 Å². The first-order valence-corrected chi connectivity index (χ1v) is 10.6. The van der Waals surface area contributed by atoms with Gasteiger partial charge in [-0.25, -0.2) is 13.6 Å². The second kappa shape index (κ2) is 9.94. The fraction of sp³-hybridized carbons (Fsp3) is 0.458. The highest BCUT2D eigenvalue weighted by Gasteiger charge is 2.32. The molecule has 0 spiro atoms. The largest absolute Gasteiger partial charge is 0.444 e. The molecule has 2 aromatic carbocycles. The molecule has 0 fully saturated rings. The van der Waals surface area contributed by atoms with Gasteiger partial charge in [-0.2, -0.15) is 0 Å². The zero-order valence-electron chi connectivity index (χ0n) is 18.4. The maximum Gasteiger partial charge on any atom is 0.407 e. The highest BCUT2D eigenvalue weighted by molar-refractivity contribution is 5.68. The van der Waals surface area contributed by atoms with Gasteiger partial charge in [-0.1, -0.05) is 24.3 Å². The van der Waals surface area contributed by atoms with E-state index >= 15 is 0 Å². The van der Waals surface area contributed by atoms with Crippen LogP contribution in [-0.4, -0.2) is 46.7 Å². The van der Waals surface area contributed by atoms with Crippen molar-refractivity contribution in [3.63, 3.8) is 0 Å². The number of amides is 1. The molecule has 1 aliphatic rings. The van der Waals surface area contributed by atoms with E-state index in [0.717, 1.165) is 29.3 Å². The van der Waals surface area contributed by atoms with Crippen LogP contribution >= 0.6 is 0 Å². The fourth-order valence-electron chi connectivity index (χ4n) is 3.93. The highest BCUT2D eigenvalue weighted by atomic mass is 19.1. The van der Waals surface area contributed by atoms with Crippen molar-refractivity contribution in [2.75, 3.05) is 6.54 Å². The first-order valence-electron chi connectivity index (χ1n) is 10.6. The number of carbonyl (C=O) groups excluding carboxylic acids is 1. The van der Waals surface area contributed by atoms with Crippen molar-refractivity contribution in [2.45, 2.75) is 63.5 Å². The van der Waals surface area contributed by atoms with Gasteiger partial charge in [-0.05, 0) is 56.0 Å². The zero-order valence-corrected chi connectivity index (χ0v) is 18.4. The molecule has 0 heterocycles. The van der Waals surface area contributed by atoms with E-state index in [-0.39, 0.29) is 24.6 Å². The Morgan fingerprint density at radius 2 is 1.84 bits per heavy atom. The summed E-state index contributed by atoms with van der Waals surface area (Å²) in [5, 5.41) is 27.0. The SMILES string of the molecule is CC(C)(C)OC(=O)N[C@@H](Cc1cc(F)cc(F)c1)[C@H](O)CN[C@@H]1c2ccccc2C[C@@H]1O. The minimum Gasteiger partial charge on any atom is -0.444 e. The molecule has 1 aliphatic carbocycles. The predicted molar refractivity (Wildman–Crippen MR) is 116 cm³/mol. The van der Waals surface area contributed by atoms with E-state index in [4.69, 9.17) is 4.74 Å². The molecule has 4 N–H and O–H groups in total. The van der Waals surface area contributed by atoms with Crippen LogP contribution in [-0.2, 0) is 17.6 Å². The molecule has 0 saturated heterocycles. The summed E-state index contributed by atoms with van der Waals surface area (Å²) in [5.74, 6) is -1.48. The van der Waals surface area contributed by atoms with Crippen LogP contribution in [0.5, 0.6) is 0 Å². The van der Waals surface area contributed by atoms with Crippen LogP contribution < -0.4 is 10.6 Å². The molecule has 1 amide bonds. The summed E-state index contributed by atoms with van der Waals surface area (Å²) in [4.78, 5) is 12.3. The lowest BCUT2D eigenvalue weighted by atomic mass is 10.00.